The van der Waals surface area contributed by atoms with Crippen LogP contribution in [0.15, 0.2) is 35.4 Å². The van der Waals surface area contributed by atoms with Gasteiger partial charge in [0.15, 0.2) is 0 Å². The van der Waals surface area contributed by atoms with Gasteiger partial charge in [0, 0.05) is 38.5 Å². The van der Waals surface area contributed by atoms with Gasteiger partial charge in [-0.05, 0) is 18.1 Å². The zero-order valence-corrected chi connectivity index (χ0v) is 13.0. The first-order valence-electron chi connectivity index (χ1n) is 7.63. The Hall–Kier alpha value is -2.50. The van der Waals surface area contributed by atoms with Crippen molar-refractivity contribution in [1.29, 1.82) is 0 Å². The highest BCUT2D eigenvalue weighted by Gasteiger charge is 2.27. The molecule has 0 radical (unpaired) electrons. The van der Waals surface area contributed by atoms with Gasteiger partial charge in [0.05, 0.1) is 0 Å². The van der Waals surface area contributed by atoms with E-state index in [2.05, 4.69) is 5.10 Å². The van der Waals surface area contributed by atoms with E-state index in [0.29, 0.717) is 43.6 Å². The van der Waals surface area contributed by atoms with Crippen molar-refractivity contribution >= 4 is 23.1 Å². The lowest BCUT2D eigenvalue weighted by Gasteiger charge is -2.28. The highest BCUT2D eigenvalue weighted by Crippen LogP contribution is 2.25. The summed E-state index contributed by atoms with van der Waals surface area (Å²) in [6, 6.07) is 6.67. The van der Waals surface area contributed by atoms with Crippen LogP contribution in [0.3, 0.4) is 0 Å². The molecule has 2 aliphatic heterocycles. The van der Waals surface area contributed by atoms with Crippen molar-refractivity contribution in [2.24, 2.45) is 5.10 Å². The van der Waals surface area contributed by atoms with E-state index in [-0.39, 0.29) is 17.6 Å². The minimum atomic E-state index is -0.240. The third kappa shape index (κ3) is 3.16. The predicted octanol–water partition coefficient (Wildman–Crippen LogP) is 2.05. The lowest BCUT2D eigenvalue weighted by molar-refractivity contribution is -0.130. The maximum absolute atomic E-state index is 13.8. The van der Waals surface area contributed by atoms with Gasteiger partial charge in [-0.15, -0.1) is 0 Å². The van der Waals surface area contributed by atoms with Crippen LogP contribution in [0.1, 0.15) is 24.8 Å². The van der Waals surface area contributed by atoms with Crippen molar-refractivity contribution < 1.29 is 14.0 Å². The van der Waals surface area contributed by atoms with Crippen LogP contribution >= 0.6 is 0 Å². The Bertz CT molecular complexity index is 712. The summed E-state index contributed by atoms with van der Waals surface area (Å²) in [4.78, 5) is 25.6. The molecule has 6 heteroatoms. The largest absolute Gasteiger partial charge is 0.333 e. The second-order valence-corrected chi connectivity index (χ2v) is 5.67. The van der Waals surface area contributed by atoms with Crippen molar-refractivity contribution in [2.75, 3.05) is 20.1 Å². The maximum Gasteiger partial charge on any atom is 0.270 e. The zero-order chi connectivity index (χ0) is 16.4. The fourth-order valence-corrected chi connectivity index (χ4v) is 2.83. The average Bonchev–Trinajstić information content (AvgIpc) is 2.57. The third-order valence-electron chi connectivity index (χ3n) is 4.17. The van der Waals surface area contributed by atoms with Crippen molar-refractivity contribution in [3.63, 3.8) is 0 Å². The summed E-state index contributed by atoms with van der Waals surface area (Å²) in [5, 5.41) is 5.28. The lowest BCUT2D eigenvalue weighted by atomic mass is 9.98. The number of halogens is 1. The monoisotopic (exact) mass is 315 g/mol. The Morgan fingerprint density at radius 3 is 2.65 bits per heavy atom. The van der Waals surface area contributed by atoms with Crippen LogP contribution in [0.2, 0.25) is 0 Å². The molecule has 0 saturated carbocycles. The molecule has 1 aromatic rings. The Morgan fingerprint density at radius 1 is 1.22 bits per heavy atom. The van der Waals surface area contributed by atoms with Crippen molar-refractivity contribution in [1.82, 2.24) is 9.91 Å². The molecule has 23 heavy (non-hydrogen) atoms. The SMILES string of the molecule is CN1N=C(C(=O)N2CC=C(c3ccccc3F)CC2)CCC1=O. The van der Waals surface area contributed by atoms with Crippen molar-refractivity contribution in [2.45, 2.75) is 19.3 Å². The number of carbonyl (C=O) groups is 2. The third-order valence-corrected chi connectivity index (χ3v) is 4.17. The summed E-state index contributed by atoms with van der Waals surface area (Å²) < 4.78 is 13.8. The first-order chi connectivity index (χ1) is 11.1. The van der Waals surface area contributed by atoms with E-state index in [0.717, 1.165) is 5.57 Å². The molecule has 2 aliphatic rings. The fourth-order valence-electron chi connectivity index (χ4n) is 2.83. The van der Waals surface area contributed by atoms with Crippen LogP contribution < -0.4 is 0 Å². The smallest absolute Gasteiger partial charge is 0.270 e. The van der Waals surface area contributed by atoms with E-state index in [9.17, 15) is 14.0 Å². The Kier molecular flexibility index (Phi) is 4.23. The second kappa shape index (κ2) is 6.32. The second-order valence-electron chi connectivity index (χ2n) is 5.67. The normalized spacial score (nSPS) is 18.6. The van der Waals surface area contributed by atoms with E-state index in [1.807, 2.05) is 6.08 Å². The van der Waals surface area contributed by atoms with Gasteiger partial charge in [0.25, 0.3) is 5.91 Å². The molecular formula is C17H18FN3O2. The number of amides is 2. The summed E-state index contributed by atoms with van der Waals surface area (Å²) in [6.45, 7) is 0.953. The standard InChI is InChI=1S/C17H18FN3O2/c1-20-16(22)7-6-15(19-20)17(23)21-10-8-12(9-11-21)13-4-2-3-5-14(13)18/h2-5,8H,6-7,9-11H2,1H3. The van der Waals surface area contributed by atoms with E-state index in [1.165, 1.54) is 11.1 Å². The van der Waals surface area contributed by atoms with Crippen LogP contribution in [-0.2, 0) is 9.59 Å². The number of nitrogens with zero attached hydrogens (tertiary/aromatic N) is 3. The van der Waals surface area contributed by atoms with Gasteiger partial charge in [-0.2, -0.15) is 5.10 Å². The number of rotatable bonds is 2. The van der Waals surface area contributed by atoms with Crippen LogP contribution in [0.5, 0.6) is 0 Å². The molecule has 5 nitrogen and oxygen atoms in total. The van der Waals surface area contributed by atoms with E-state index < -0.39 is 0 Å². The molecule has 0 saturated heterocycles. The predicted molar refractivity (Wildman–Crippen MR) is 85.0 cm³/mol. The van der Waals surface area contributed by atoms with Gasteiger partial charge in [-0.3, -0.25) is 9.59 Å². The van der Waals surface area contributed by atoms with E-state index in [4.69, 9.17) is 0 Å². The molecule has 0 N–H and O–H groups in total. The molecule has 0 aliphatic carbocycles. The minimum absolute atomic E-state index is 0.0815. The van der Waals surface area contributed by atoms with Gasteiger partial charge in [-0.1, -0.05) is 24.3 Å². The number of hydrogen-bond donors (Lipinski definition) is 0. The quantitative estimate of drug-likeness (QED) is 0.839. The van der Waals surface area contributed by atoms with Gasteiger partial charge < -0.3 is 4.90 Å². The summed E-state index contributed by atoms with van der Waals surface area (Å²) in [7, 11) is 1.56. The molecule has 0 spiro atoms. The van der Waals surface area contributed by atoms with Crippen molar-refractivity contribution in [3.8, 4) is 0 Å². The average molecular weight is 315 g/mol. The summed E-state index contributed by atoms with van der Waals surface area (Å²) in [6.07, 6.45) is 3.18. The minimum Gasteiger partial charge on any atom is -0.333 e. The molecule has 3 rings (SSSR count). The molecule has 2 amide bonds. The van der Waals surface area contributed by atoms with Crippen molar-refractivity contribution in [3.05, 3.63) is 41.7 Å². The van der Waals surface area contributed by atoms with Crippen LogP contribution in [-0.4, -0.2) is 47.6 Å². The van der Waals surface area contributed by atoms with Gasteiger partial charge in [0.2, 0.25) is 5.91 Å². The van der Waals surface area contributed by atoms with Gasteiger partial charge in [-0.25, -0.2) is 9.40 Å². The first-order valence-corrected chi connectivity index (χ1v) is 7.63. The highest BCUT2D eigenvalue weighted by atomic mass is 19.1. The topological polar surface area (TPSA) is 53.0 Å². The number of hydrazone groups is 1. The first kappa shape index (κ1) is 15.4. The molecule has 0 atom stereocenters. The zero-order valence-electron chi connectivity index (χ0n) is 13.0. The van der Waals surface area contributed by atoms with Crippen LogP contribution in [0.25, 0.3) is 5.57 Å². The van der Waals surface area contributed by atoms with E-state index >= 15 is 0 Å². The molecule has 120 valence electrons. The molecule has 0 aromatic heterocycles. The lowest BCUT2D eigenvalue weighted by Crippen LogP contribution is -2.42. The van der Waals surface area contributed by atoms with Crippen LogP contribution in [0.4, 0.5) is 4.39 Å². The number of carbonyl (C=O) groups excluding carboxylic acids is 2. The maximum atomic E-state index is 13.8. The van der Waals surface area contributed by atoms with Gasteiger partial charge >= 0.3 is 0 Å². The Balaban J connectivity index is 1.71. The number of hydrogen-bond acceptors (Lipinski definition) is 3. The molecule has 0 fully saturated rings. The highest BCUT2D eigenvalue weighted by molar-refractivity contribution is 6.39. The Labute approximate surface area is 134 Å². The van der Waals surface area contributed by atoms with Crippen LogP contribution in [0, 0.1) is 5.82 Å². The molecule has 2 heterocycles. The number of benzene rings is 1. The molecular weight excluding hydrogens is 297 g/mol. The fraction of sp³-hybridized carbons (Fsp3) is 0.353. The summed E-state index contributed by atoms with van der Waals surface area (Å²) >= 11 is 0. The molecule has 0 unspecified atom stereocenters. The van der Waals surface area contributed by atoms with E-state index in [1.54, 1.807) is 30.1 Å². The molecule has 1 aromatic carbocycles. The Morgan fingerprint density at radius 2 is 2.00 bits per heavy atom. The summed E-state index contributed by atoms with van der Waals surface area (Å²) in [5.41, 5.74) is 1.93. The van der Waals surface area contributed by atoms with Gasteiger partial charge in [0.1, 0.15) is 11.5 Å². The molecule has 0 bridgehead atoms. The summed E-state index contributed by atoms with van der Waals surface area (Å²) in [5.74, 6) is -0.467.